The lowest BCUT2D eigenvalue weighted by molar-refractivity contribution is -0.134. The van der Waals surface area contributed by atoms with Crippen LogP contribution in [0.15, 0.2) is 36.4 Å². The summed E-state index contributed by atoms with van der Waals surface area (Å²) in [5.74, 6) is -2.84. The van der Waals surface area contributed by atoms with Crippen molar-refractivity contribution in [1.82, 2.24) is 21.3 Å². The van der Waals surface area contributed by atoms with Gasteiger partial charge in [-0.05, 0) is 85.3 Å². The van der Waals surface area contributed by atoms with Crippen LogP contribution in [0.3, 0.4) is 0 Å². The molecule has 1 aliphatic heterocycles. The number of aromatic hydroxyl groups is 2. The Morgan fingerprint density at radius 1 is 0.891 bits per heavy atom. The van der Waals surface area contributed by atoms with Gasteiger partial charge in [-0.2, -0.15) is 0 Å². The predicted octanol–water partition coefficient (Wildman–Crippen LogP) is -2.44. The van der Waals surface area contributed by atoms with Gasteiger partial charge in [-0.15, -0.1) is 0 Å². The molecule has 0 saturated heterocycles. The van der Waals surface area contributed by atoms with Gasteiger partial charge in [0.2, 0.25) is 23.6 Å². The second-order valence-electron chi connectivity index (χ2n) is 11.4. The van der Waals surface area contributed by atoms with Crippen molar-refractivity contribution in [1.29, 1.82) is 0 Å². The quantitative estimate of drug-likeness (QED) is 0.116. The number of hydrogen-bond acceptors (Lipinski definition) is 11. The highest BCUT2D eigenvalue weighted by Crippen LogP contribution is 2.31. The molecule has 2 aromatic carbocycles. The van der Waals surface area contributed by atoms with E-state index in [1.165, 1.54) is 12.1 Å². The lowest BCUT2D eigenvalue weighted by Gasteiger charge is -2.26. The van der Waals surface area contributed by atoms with Gasteiger partial charge in [0, 0.05) is 25.9 Å². The number of fused-ring (bicyclic) bond motifs is 5. The molecule has 4 bridgehead atoms. The third kappa shape index (κ3) is 10.1. The zero-order valence-electron chi connectivity index (χ0n) is 25.7. The summed E-state index contributed by atoms with van der Waals surface area (Å²) in [6, 6.07) is 4.98. The number of benzene rings is 2. The lowest BCUT2D eigenvalue weighted by atomic mass is 9.95. The molecule has 252 valence electrons. The summed E-state index contributed by atoms with van der Waals surface area (Å²) in [5, 5.41) is 41.6. The van der Waals surface area contributed by atoms with Crippen LogP contribution >= 0.6 is 0 Å². The molecule has 0 aromatic heterocycles. The van der Waals surface area contributed by atoms with Crippen LogP contribution in [0.1, 0.15) is 36.8 Å². The second kappa shape index (κ2) is 17.4. The number of nitrogens with one attached hydrogen (secondary N) is 4. The maximum absolute atomic E-state index is 13.8. The van der Waals surface area contributed by atoms with Crippen LogP contribution < -0.4 is 44.2 Å². The summed E-state index contributed by atoms with van der Waals surface area (Å²) in [6.07, 6.45) is -0.123. The van der Waals surface area contributed by atoms with Gasteiger partial charge in [0.05, 0.1) is 12.1 Å². The molecule has 0 aliphatic carbocycles. The fourth-order valence-electron chi connectivity index (χ4n) is 5.05. The first-order chi connectivity index (χ1) is 22.0. The highest BCUT2D eigenvalue weighted by molar-refractivity contribution is 5.95. The first-order valence-electron chi connectivity index (χ1n) is 15.3. The summed E-state index contributed by atoms with van der Waals surface area (Å²) < 4.78 is 0. The van der Waals surface area contributed by atoms with Gasteiger partial charge in [0.15, 0.2) is 0 Å². The molecule has 15 heteroatoms. The van der Waals surface area contributed by atoms with Gasteiger partial charge in [0.25, 0.3) is 0 Å². The molecule has 3 unspecified atom stereocenters. The highest BCUT2D eigenvalue weighted by atomic mass is 16.3. The largest absolute Gasteiger partial charge is 0.508 e. The van der Waals surface area contributed by atoms with Gasteiger partial charge < -0.3 is 59.5 Å². The van der Waals surface area contributed by atoms with E-state index in [9.17, 15) is 34.5 Å². The van der Waals surface area contributed by atoms with Gasteiger partial charge in [-0.25, -0.2) is 0 Å². The normalized spacial score (nSPS) is 19.9. The molecular weight excluding hydrogens is 596 g/mol. The summed E-state index contributed by atoms with van der Waals surface area (Å²) in [4.78, 5) is 53.5. The summed E-state index contributed by atoms with van der Waals surface area (Å²) in [7, 11) is 0. The van der Waals surface area contributed by atoms with E-state index in [-0.39, 0.29) is 63.4 Å². The third-order valence-electron chi connectivity index (χ3n) is 7.77. The SMILES string of the molecule is NCCC[C@@H]1NC(=O)C(N)Cc2cc(ccc2O)-c2ccc(O)c(c2)CC(C(=O)N[C@@H](CCCN)C(=O)NCC(O)CN)NC1=O. The fraction of sp³-hybridized carbons (Fsp3) is 0.484. The van der Waals surface area contributed by atoms with Gasteiger partial charge in [0.1, 0.15) is 29.6 Å². The maximum atomic E-state index is 13.8. The Bertz CT molecular complexity index is 1370. The zero-order chi connectivity index (χ0) is 33.8. The number of amides is 4. The lowest BCUT2D eigenvalue weighted by Crippen LogP contribution is -2.58. The van der Waals surface area contributed by atoms with Crippen molar-refractivity contribution < 1.29 is 34.5 Å². The Balaban J connectivity index is 2.03. The molecule has 5 atom stereocenters. The van der Waals surface area contributed by atoms with Gasteiger partial charge in [-0.1, -0.05) is 12.1 Å². The monoisotopic (exact) mass is 642 g/mol. The zero-order valence-corrected chi connectivity index (χ0v) is 25.7. The van der Waals surface area contributed by atoms with Crippen LogP contribution in [-0.2, 0) is 32.0 Å². The molecule has 1 heterocycles. The van der Waals surface area contributed by atoms with Crippen LogP contribution in [0.5, 0.6) is 11.5 Å². The van der Waals surface area contributed by atoms with E-state index in [0.29, 0.717) is 35.1 Å². The third-order valence-corrected chi connectivity index (χ3v) is 7.77. The van der Waals surface area contributed by atoms with Crippen LogP contribution in [0.25, 0.3) is 11.1 Å². The number of carbonyl (C=O) groups excluding carboxylic acids is 4. The van der Waals surface area contributed by atoms with Crippen molar-refractivity contribution in [2.75, 3.05) is 26.2 Å². The predicted molar refractivity (Wildman–Crippen MR) is 171 cm³/mol. The molecule has 46 heavy (non-hydrogen) atoms. The van der Waals surface area contributed by atoms with Crippen molar-refractivity contribution in [2.45, 2.75) is 68.8 Å². The van der Waals surface area contributed by atoms with Crippen molar-refractivity contribution >= 4 is 23.6 Å². The van der Waals surface area contributed by atoms with E-state index >= 15 is 0 Å². The minimum absolute atomic E-state index is 0.0265. The Labute approximate surface area is 267 Å². The van der Waals surface area contributed by atoms with Crippen LogP contribution in [-0.4, -0.2) is 95.4 Å². The van der Waals surface area contributed by atoms with E-state index in [2.05, 4.69) is 21.3 Å². The fourth-order valence-corrected chi connectivity index (χ4v) is 5.05. The molecule has 0 spiro atoms. The molecule has 3 rings (SSSR count). The van der Waals surface area contributed by atoms with E-state index < -0.39 is 53.9 Å². The maximum Gasteiger partial charge on any atom is 0.243 e. The summed E-state index contributed by atoms with van der Waals surface area (Å²) in [6.45, 7) is 0.271. The van der Waals surface area contributed by atoms with Crippen LogP contribution in [0.4, 0.5) is 0 Å². The van der Waals surface area contributed by atoms with Gasteiger partial charge >= 0.3 is 0 Å². The molecule has 2 aromatic rings. The Morgan fingerprint density at radius 3 is 2.09 bits per heavy atom. The Morgan fingerprint density at radius 2 is 1.50 bits per heavy atom. The van der Waals surface area contributed by atoms with Crippen LogP contribution in [0.2, 0.25) is 0 Å². The summed E-state index contributed by atoms with van der Waals surface area (Å²) >= 11 is 0. The number of aliphatic hydroxyl groups is 1. The Hall–Kier alpha value is -4.28. The van der Waals surface area contributed by atoms with Crippen molar-refractivity contribution in [2.24, 2.45) is 22.9 Å². The molecule has 15 N–H and O–H groups in total. The first-order valence-corrected chi connectivity index (χ1v) is 15.3. The number of carbonyl (C=O) groups is 4. The minimum Gasteiger partial charge on any atom is -0.508 e. The minimum atomic E-state index is -1.30. The van der Waals surface area contributed by atoms with Crippen molar-refractivity contribution in [3.8, 4) is 22.6 Å². The summed E-state index contributed by atoms with van der Waals surface area (Å²) in [5.41, 5.74) is 25.0. The molecular formula is C31H46N8O7. The highest BCUT2D eigenvalue weighted by Gasteiger charge is 2.31. The van der Waals surface area contributed by atoms with E-state index in [1.807, 2.05) is 0 Å². The molecule has 15 nitrogen and oxygen atoms in total. The molecule has 0 fully saturated rings. The molecule has 4 amide bonds. The van der Waals surface area contributed by atoms with Crippen molar-refractivity contribution in [3.63, 3.8) is 0 Å². The van der Waals surface area contributed by atoms with Crippen molar-refractivity contribution in [3.05, 3.63) is 47.5 Å². The van der Waals surface area contributed by atoms with E-state index in [0.717, 1.165) is 0 Å². The van der Waals surface area contributed by atoms with Gasteiger partial charge in [-0.3, -0.25) is 19.2 Å². The standard InChI is InChI=1S/C31H46N8O7/c32-9-1-3-23(29(44)36-16-21(40)15-34)38-31(46)25-14-20-12-18(6-8-27(20)42)17-5-7-26(41)19(11-17)13-22(35)28(43)37-24(4-2-10-33)30(45)39-25/h5-8,11-12,21-25,40-42H,1-4,9-10,13-16,32-35H2,(H,36,44)(H,37,43)(H,38,46)(H,39,45)/t21?,22?,23-,24-,25?/m0/s1. The Kier molecular flexibility index (Phi) is 13.7. The molecule has 1 aliphatic rings. The number of nitrogens with two attached hydrogens (primary N) is 4. The second-order valence-corrected chi connectivity index (χ2v) is 11.4. The van der Waals surface area contributed by atoms with E-state index in [1.54, 1.807) is 24.3 Å². The number of rotatable bonds is 12. The van der Waals surface area contributed by atoms with Crippen LogP contribution in [0, 0.1) is 0 Å². The molecule has 0 radical (unpaired) electrons. The molecule has 0 saturated carbocycles. The number of aliphatic hydroxyl groups excluding tert-OH is 1. The van der Waals surface area contributed by atoms with E-state index in [4.69, 9.17) is 22.9 Å². The first kappa shape index (κ1) is 36.2. The number of phenols is 2. The number of phenolic OH excluding ortho intramolecular Hbond substituents is 2. The average Bonchev–Trinajstić information content (AvgIpc) is 3.04. The number of hydrogen-bond donors (Lipinski definition) is 11. The average molecular weight is 643 g/mol. The smallest absolute Gasteiger partial charge is 0.243 e. The topological polar surface area (TPSA) is 281 Å².